The van der Waals surface area contributed by atoms with E-state index in [9.17, 15) is 9.90 Å². The first kappa shape index (κ1) is 12.3. The summed E-state index contributed by atoms with van der Waals surface area (Å²) < 4.78 is 0. The Labute approximate surface area is 109 Å². The normalized spacial score (nSPS) is 10.7. The highest BCUT2D eigenvalue weighted by Gasteiger charge is 2.04. The van der Waals surface area contributed by atoms with E-state index in [-0.39, 0.29) is 11.7 Å². The molecular formula is C13H12N2O2S. The molecule has 0 aliphatic rings. The third kappa shape index (κ3) is 2.95. The van der Waals surface area contributed by atoms with E-state index >= 15 is 0 Å². The van der Waals surface area contributed by atoms with Gasteiger partial charge in [-0.1, -0.05) is 17.7 Å². The maximum absolute atomic E-state index is 11.6. The Kier molecular flexibility index (Phi) is 3.74. The van der Waals surface area contributed by atoms with Gasteiger partial charge in [-0.3, -0.25) is 4.79 Å². The molecule has 2 aromatic rings. The number of nitrogens with one attached hydrogen (secondary N) is 1. The van der Waals surface area contributed by atoms with Gasteiger partial charge in [-0.25, -0.2) is 5.43 Å². The van der Waals surface area contributed by atoms with Crippen LogP contribution in [0.25, 0.3) is 0 Å². The number of thiophene rings is 1. The molecule has 1 aromatic carbocycles. The summed E-state index contributed by atoms with van der Waals surface area (Å²) in [4.78, 5) is 12.2. The second kappa shape index (κ2) is 5.46. The highest BCUT2D eigenvalue weighted by molar-refractivity contribution is 7.12. The molecule has 5 heteroatoms. The van der Waals surface area contributed by atoms with E-state index in [1.54, 1.807) is 30.3 Å². The smallest absolute Gasteiger partial charge is 0.281 e. The molecule has 92 valence electrons. The lowest BCUT2D eigenvalue weighted by atomic mass is 10.1. The fourth-order valence-corrected chi connectivity index (χ4v) is 2.01. The first-order valence-electron chi connectivity index (χ1n) is 5.33. The van der Waals surface area contributed by atoms with E-state index in [0.29, 0.717) is 10.4 Å². The number of hydrazone groups is 1. The molecule has 0 fully saturated rings. The predicted molar refractivity (Wildman–Crippen MR) is 72.2 cm³/mol. The summed E-state index contributed by atoms with van der Waals surface area (Å²) in [5, 5.41) is 15.2. The van der Waals surface area contributed by atoms with Gasteiger partial charge >= 0.3 is 0 Å². The Balaban J connectivity index is 2.03. The van der Waals surface area contributed by atoms with Crippen molar-refractivity contribution in [1.82, 2.24) is 5.43 Å². The minimum Gasteiger partial charge on any atom is -0.507 e. The number of hydrogen-bond acceptors (Lipinski definition) is 4. The summed E-state index contributed by atoms with van der Waals surface area (Å²) >= 11 is 1.35. The fourth-order valence-electron chi connectivity index (χ4n) is 1.40. The maximum atomic E-state index is 11.6. The van der Waals surface area contributed by atoms with Crippen LogP contribution in [0.1, 0.15) is 20.8 Å². The number of hydrogen-bond donors (Lipinski definition) is 2. The van der Waals surface area contributed by atoms with Crippen LogP contribution in [0, 0.1) is 6.92 Å². The van der Waals surface area contributed by atoms with Gasteiger partial charge in [-0.2, -0.15) is 5.10 Å². The molecule has 2 N–H and O–H groups in total. The summed E-state index contributed by atoms with van der Waals surface area (Å²) in [6.45, 7) is 1.92. The number of amides is 1. The van der Waals surface area contributed by atoms with E-state index in [0.717, 1.165) is 5.56 Å². The highest BCUT2D eigenvalue weighted by atomic mass is 32.1. The molecule has 2 rings (SSSR count). The second-order valence-electron chi connectivity index (χ2n) is 3.74. The van der Waals surface area contributed by atoms with Gasteiger partial charge in [-0.15, -0.1) is 11.3 Å². The van der Waals surface area contributed by atoms with Crippen molar-refractivity contribution >= 4 is 23.5 Å². The molecule has 0 saturated carbocycles. The Hall–Kier alpha value is -2.14. The molecule has 0 saturated heterocycles. The molecule has 1 aromatic heterocycles. The molecule has 0 aliphatic heterocycles. The molecule has 4 nitrogen and oxygen atoms in total. The van der Waals surface area contributed by atoms with Crippen LogP contribution in [-0.2, 0) is 0 Å². The van der Waals surface area contributed by atoms with Gasteiger partial charge in [0.25, 0.3) is 5.91 Å². The lowest BCUT2D eigenvalue weighted by molar-refractivity contribution is 0.0959. The van der Waals surface area contributed by atoms with Crippen LogP contribution >= 0.6 is 11.3 Å². The van der Waals surface area contributed by atoms with Crippen LogP contribution in [0.3, 0.4) is 0 Å². The van der Waals surface area contributed by atoms with Crippen LogP contribution in [0.5, 0.6) is 5.75 Å². The average molecular weight is 260 g/mol. The number of carbonyl (C=O) groups is 1. The number of nitrogens with zero attached hydrogens (tertiary/aromatic N) is 1. The van der Waals surface area contributed by atoms with Gasteiger partial charge in [0.15, 0.2) is 0 Å². The average Bonchev–Trinajstić information content (AvgIpc) is 2.87. The summed E-state index contributed by atoms with van der Waals surface area (Å²) in [6, 6.07) is 8.71. The fraction of sp³-hybridized carbons (Fsp3) is 0.0769. The Morgan fingerprint density at radius 1 is 1.44 bits per heavy atom. The Morgan fingerprint density at radius 3 is 3.00 bits per heavy atom. The summed E-state index contributed by atoms with van der Waals surface area (Å²) in [6.07, 6.45) is 1.42. The third-order valence-corrected chi connectivity index (χ3v) is 3.17. The van der Waals surface area contributed by atoms with Gasteiger partial charge < -0.3 is 5.11 Å². The van der Waals surface area contributed by atoms with E-state index in [1.807, 2.05) is 12.3 Å². The zero-order valence-corrected chi connectivity index (χ0v) is 10.6. The van der Waals surface area contributed by atoms with Crippen LogP contribution in [0.15, 0.2) is 40.8 Å². The number of aromatic hydroxyl groups is 1. The number of phenolic OH excluding ortho intramolecular Hbond substituents is 1. The van der Waals surface area contributed by atoms with Crippen LogP contribution in [-0.4, -0.2) is 17.2 Å². The molecule has 0 aliphatic carbocycles. The largest absolute Gasteiger partial charge is 0.507 e. The molecule has 1 heterocycles. The molecule has 18 heavy (non-hydrogen) atoms. The number of phenols is 1. The maximum Gasteiger partial charge on any atom is 0.281 e. The molecular weight excluding hydrogens is 248 g/mol. The van der Waals surface area contributed by atoms with Crippen LogP contribution in [0.2, 0.25) is 0 Å². The highest BCUT2D eigenvalue weighted by Crippen LogP contribution is 2.15. The van der Waals surface area contributed by atoms with Gasteiger partial charge in [0.2, 0.25) is 0 Å². The number of benzene rings is 1. The van der Waals surface area contributed by atoms with Gasteiger partial charge in [-0.05, 0) is 30.5 Å². The SMILES string of the molecule is Cc1ccc(O)c(/C=N\NC(=O)c2cccs2)c1. The van der Waals surface area contributed by atoms with Crippen molar-refractivity contribution in [3.63, 3.8) is 0 Å². The van der Waals surface area contributed by atoms with Crippen LogP contribution < -0.4 is 5.43 Å². The van der Waals surface area contributed by atoms with E-state index in [1.165, 1.54) is 17.6 Å². The van der Waals surface area contributed by atoms with Gasteiger partial charge in [0.05, 0.1) is 11.1 Å². The zero-order valence-electron chi connectivity index (χ0n) is 9.75. The predicted octanol–water partition coefficient (Wildman–Crippen LogP) is 2.53. The number of rotatable bonds is 3. The van der Waals surface area contributed by atoms with Crippen molar-refractivity contribution in [2.24, 2.45) is 5.10 Å². The van der Waals surface area contributed by atoms with Crippen molar-refractivity contribution in [1.29, 1.82) is 0 Å². The Bertz CT molecular complexity index is 577. The molecule has 0 spiro atoms. The van der Waals surface area contributed by atoms with E-state index in [4.69, 9.17) is 0 Å². The lowest BCUT2D eigenvalue weighted by Crippen LogP contribution is -2.16. The van der Waals surface area contributed by atoms with Gasteiger partial charge in [0.1, 0.15) is 5.75 Å². The monoisotopic (exact) mass is 260 g/mol. The standard InChI is InChI=1S/C13H12N2O2S/c1-9-4-5-11(16)10(7-9)8-14-15-13(17)12-3-2-6-18-12/h2-8,16H,1H3,(H,15,17)/b14-8-. The molecule has 1 amide bonds. The summed E-state index contributed by atoms with van der Waals surface area (Å²) in [5.41, 5.74) is 3.99. The van der Waals surface area contributed by atoms with Crippen LogP contribution in [0.4, 0.5) is 0 Å². The number of aryl methyl sites for hydroxylation is 1. The number of carbonyl (C=O) groups excluding carboxylic acids is 1. The minimum atomic E-state index is -0.256. The summed E-state index contributed by atoms with van der Waals surface area (Å²) in [5.74, 6) is -0.122. The Morgan fingerprint density at radius 2 is 2.28 bits per heavy atom. The third-order valence-electron chi connectivity index (χ3n) is 2.30. The first-order chi connectivity index (χ1) is 8.66. The van der Waals surface area contributed by atoms with Crippen molar-refractivity contribution in [3.05, 3.63) is 51.7 Å². The lowest BCUT2D eigenvalue weighted by Gasteiger charge is -2.00. The molecule has 0 unspecified atom stereocenters. The quantitative estimate of drug-likeness (QED) is 0.658. The van der Waals surface area contributed by atoms with E-state index in [2.05, 4.69) is 10.5 Å². The van der Waals surface area contributed by atoms with Crippen molar-refractivity contribution in [2.45, 2.75) is 6.92 Å². The van der Waals surface area contributed by atoms with Crippen molar-refractivity contribution < 1.29 is 9.90 Å². The summed E-state index contributed by atoms with van der Waals surface area (Å²) in [7, 11) is 0. The zero-order chi connectivity index (χ0) is 13.0. The molecule has 0 atom stereocenters. The second-order valence-corrected chi connectivity index (χ2v) is 4.69. The van der Waals surface area contributed by atoms with Crippen molar-refractivity contribution in [3.8, 4) is 5.75 Å². The minimum absolute atomic E-state index is 0.134. The molecule has 0 bridgehead atoms. The molecule has 0 radical (unpaired) electrons. The van der Waals surface area contributed by atoms with E-state index < -0.39 is 0 Å². The first-order valence-corrected chi connectivity index (χ1v) is 6.21. The van der Waals surface area contributed by atoms with Crippen molar-refractivity contribution in [2.75, 3.05) is 0 Å². The topological polar surface area (TPSA) is 61.7 Å². The van der Waals surface area contributed by atoms with Gasteiger partial charge in [0, 0.05) is 5.56 Å².